The van der Waals surface area contributed by atoms with Crippen molar-refractivity contribution in [2.75, 3.05) is 6.61 Å². The van der Waals surface area contributed by atoms with Gasteiger partial charge in [0.25, 0.3) is 0 Å². The summed E-state index contributed by atoms with van der Waals surface area (Å²) in [5.41, 5.74) is 4.78. The molecule has 1 aromatic heterocycles. The second kappa shape index (κ2) is 10.7. The third kappa shape index (κ3) is 5.66. The van der Waals surface area contributed by atoms with Gasteiger partial charge in [-0.05, 0) is 65.4 Å². The number of carbonyl (C=O) groups is 1. The molecular weight excluding hydrogens is 555 g/mol. The number of hydrogen-bond donors (Lipinski definition) is 1. The third-order valence-corrected chi connectivity index (χ3v) is 5.86. The summed E-state index contributed by atoms with van der Waals surface area (Å²) < 4.78 is 18.2. The van der Waals surface area contributed by atoms with Gasteiger partial charge in [0, 0.05) is 16.0 Å². The Hall–Kier alpha value is -3.04. The van der Waals surface area contributed by atoms with E-state index in [1.807, 2.05) is 67.6 Å². The van der Waals surface area contributed by atoms with Crippen molar-refractivity contribution in [1.29, 1.82) is 0 Å². The van der Waals surface area contributed by atoms with E-state index < -0.39 is 5.91 Å². The molecule has 1 heterocycles. The number of hydrazone groups is 1. The van der Waals surface area contributed by atoms with Crippen molar-refractivity contribution in [3.63, 3.8) is 0 Å². The molecule has 4 aromatic rings. The van der Waals surface area contributed by atoms with Crippen LogP contribution in [0.5, 0.6) is 11.5 Å². The predicted octanol–water partition coefficient (Wildman–Crippen LogP) is 6.43. The lowest BCUT2D eigenvalue weighted by Gasteiger charge is -2.15. The van der Waals surface area contributed by atoms with E-state index in [0.29, 0.717) is 35.3 Å². The van der Waals surface area contributed by atoms with Crippen molar-refractivity contribution < 1.29 is 18.7 Å². The molecule has 0 saturated heterocycles. The molecule has 0 bridgehead atoms. The summed E-state index contributed by atoms with van der Waals surface area (Å²) in [6, 6.07) is 20.3. The molecule has 0 aliphatic carbocycles. The largest absolute Gasteiger partial charge is 0.490 e. The number of nitrogens with one attached hydrogen (secondary N) is 1. The Bertz CT molecular complexity index is 1290. The van der Waals surface area contributed by atoms with E-state index >= 15 is 0 Å². The van der Waals surface area contributed by atoms with Crippen LogP contribution in [0.2, 0.25) is 5.02 Å². The number of furan rings is 1. The molecule has 0 radical (unpaired) electrons. The fourth-order valence-corrected chi connectivity index (χ4v) is 4.12. The summed E-state index contributed by atoms with van der Waals surface area (Å²) in [4.78, 5) is 12.4. The summed E-state index contributed by atoms with van der Waals surface area (Å²) in [7, 11) is 0. The minimum absolute atomic E-state index is 0.196. The highest BCUT2D eigenvalue weighted by atomic mass is 127. The molecule has 0 spiro atoms. The van der Waals surface area contributed by atoms with Gasteiger partial charge in [0.05, 0.1) is 16.4 Å². The second-order valence-electron chi connectivity index (χ2n) is 6.99. The Morgan fingerprint density at radius 3 is 2.70 bits per heavy atom. The average Bonchev–Trinajstić information content (AvgIpc) is 3.24. The summed E-state index contributed by atoms with van der Waals surface area (Å²) >= 11 is 8.42. The van der Waals surface area contributed by atoms with E-state index in [2.05, 4.69) is 33.1 Å². The Morgan fingerprint density at radius 1 is 1.12 bits per heavy atom. The fourth-order valence-electron chi connectivity index (χ4n) is 3.15. The van der Waals surface area contributed by atoms with Crippen molar-refractivity contribution in [3.05, 3.63) is 92.2 Å². The molecule has 0 atom stereocenters. The molecule has 1 N–H and O–H groups in total. The lowest BCUT2D eigenvalue weighted by Crippen LogP contribution is -2.16. The lowest BCUT2D eigenvalue weighted by atomic mass is 10.2. The maximum atomic E-state index is 12.4. The van der Waals surface area contributed by atoms with Crippen molar-refractivity contribution in [1.82, 2.24) is 5.43 Å². The highest BCUT2D eigenvalue weighted by molar-refractivity contribution is 14.1. The number of hydrogen-bond acceptors (Lipinski definition) is 5. The minimum atomic E-state index is -0.429. The quantitative estimate of drug-likeness (QED) is 0.150. The van der Waals surface area contributed by atoms with Crippen molar-refractivity contribution in [2.24, 2.45) is 5.10 Å². The molecule has 3 aromatic carbocycles. The number of halogens is 2. The molecule has 0 aliphatic heterocycles. The van der Waals surface area contributed by atoms with Crippen LogP contribution in [0.15, 0.2) is 76.2 Å². The zero-order valence-electron chi connectivity index (χ0n) is 17.7. The zero-order valence-corrected chi connectivity index (χ0v) is 20.6. The first kappa shape index (κ1) is 23.1. The van der Waals surface area contributed by atoms with Gasteiger partial charge in [-0.25, -0.2) is 5.43 Å². The molecule has 4 rings (SSSR count). The molecular formula is C25H20ClIN2O4. The van der Waals surface area contributed by atoms with Gasteiger partial charge in [-0.15, -0.1) is 0 Å². The van der Waals surface area contributed by atoms with Crippen LogP contribution in [0, 0.1) is 3.57 Å². The summed E-state index contributed by atoms with van der Waals surface area (Å²) in [6.45, 7) is 2.69. The number of nitrogens with zero attached hydrogens (tertiary/aromatic N) is 1. The van der Waals surface area contributed by atoms with Crippen LogP contribution in [-0.2, 0) is 6.61 Å². The zero-order chi connectivity index (χ0) is 23.2. The van der Waals surface area contributed by atoms with Gasteiger partial charge in [0.1, 0.15) is 12.2 Å². The Kier molecular flexibility index (Phi) is 7.51. The van der Waals surface area contributed by atoms with Gasteiger partial charge < -0.3 is 13.9 Å². The van der Waals surface area contributed by atoms with E-state index in [4.69, 9.17) is 25.5 Å². The fraction of sp³-hybridized carbons (Fsp3) is 0.120. The molecule has 6 nitrogen and oxygen atoms in total. The number of para-hydroxylation sites is 1. The summed E-state index contributed by atoms with van der Waals surface area (Å²) in [5.74, 6) is 0.977. The van der Waals surface area contributed by atoms with E-state index in [9.17, 15) is 4.79 Å². The normalized spacial score (nSPS) is 11.1. The number of rotatable bonds is 8. The van der Waals surface area contributed by atoms with Gasteiger partial charge >= 0.3 is 5.91 Å². The second-order valence-corrected chi connectivity index (χ2v) is 8.56. The first-order valence-corrected chi connectivity index (χ1v) is 11.7. The predicted molar refractivity (Wildman–Crippen MR) is 137 cm³/mol. The molecule has 0 fully saturated rings. The summed E-state index contributed by atoms with van der Waals surface area (Å²) in [5, 5.41) is 5.57. The third-order valence-electron chi connectivity index (χ3n) is 4.69. The van der Waals surface area contributed by atoms with Crippen molar-refractivity contribution in [2.45, 2.75) is 13.5 Å². The smallest absolute Gasteiger partial charge is 0.307 e. The summed E-state index contributed by atoms with van der Waals surface area (Å²) in [6.07, 6.45) is 1.54. The van der Waals surface area contributed by atoms with E-state index in [1.165, 1.54) is 0 Å². The monoisotopic (exact) mass is 574 g/mol. The molecule has 0 unspecified atom stereocenters. The van der Waals surface area contributed by atoms with E-state index in [-0.39, 0.29) is 5.76 Å². The first-order valence-electron chi connectivity index (χ1n) is 10.2. The number of benzene rings is 3. The minimum Gasteiger partial charge on any atom is -0.490 e. The van der Waals surface area contributed by atoms with Crippen LogP contribution < -0.4 is 14.9 Å². The molecule has 8 heteroatoms. The van der Waals surface area contributed by atoms with Gasteiger partial charge in [-0.1, -0.05) is 48.0 Å². The van der Waals surface area contributed by atoms with Crippen LogP contribution in [0.1, 0.15) is 28.6 Å². The lowest BCUT2D eigenvalue weighted by molar-refractivity contribution is 0.0929. The van der Waals surface area contributed by atoms with E-state index in [0.717, 1.165) is 20.1 Å². The van der Waals surface area contributed by atoms with Gasteiger partial charge in [0.15, 0.2) is 17.3 Å². The maximum absolute atomic E-state index is 12.4. The van der Waals surface area contributed by atoms with Crippen LogP contribution in [0.4, 0.5) is 0 Å². The molecule has 1 amide bonds. The van der Waals surface area contributed by atoms with Crippen LogP contribution in [0.3, 0.4) is 0 Å². The number of amides is 1. The van der Waals surface area contributed by atoms with Crippen molar-refractivity contribution >= 4 is 57.3 Å². The Balaban J connectivity index is 1.47. The van der Waals surface area contributed by atoms with Crippen LogP contribution in [-0.4, -0.2) is 18.7 Å². The topological polar surface area (TPSA) is 73.1 Å². The molecule has 33 heavy (non-hydrogen) atoms. The molecule has 168 valence electrons. The van der Waals surface area contributed by atoms with Gasteiger partial charge in [-0.3, -0.25) is 4.79 Å². The highest BCUT2D eigenvalue weighted by Crippen LogP contribution is 2.35. The first-order chi connectivity index (χ1) is 16.0. The Labute approximate surface area is 209 Å². The average molecular weight is 575 g/mol. The van der Waals surface area contributed by atoms with E-state index in [1.54, 1.807) is 12.3 Å². The number of ether oxygens (including phenoxy) is 2. The maximum Gasteiger partial charge on any atom is 0.307 e. The Morgan fingerprint density at radius 2 is 1.91 bits per heavy atom. The number of carbonyl (C=O) groups excluding carboxylic acids is 1. The highest BCUT2D eigenvalue weighted by Gasteiger charge is 2.14. The van der Waals surface area contributed by atoms with Gasteiger partial charge in [0.2, 0.25) is 0 Å². The molecule has 0 aliphatic rings. The standard InChI is InChI=1S/C25H20ClIN2O4/c1-2-31-22-12-16(11-20(27)24(22)32-15-18-8-3-5-9-19(18)26)14-28-29-25(30)23-13-17-7-4-6-10-21(17)33-23/h3-14H,2,15H2,1H3,(H,29,30)/b28-14+. The van der Waals surface area contributed by atoms with Gasteiger partial charge in [-0.2, -0.15) is 5.10 Å². The van der Waals surface area contributed by atoms with Crippen LogP contribution >= 0.6 is 34.2 Å². The SMILES string of the molecule is CCOc1cc(/C=N/NC(=O)c2cc3ccccc3o2)cc(I)c1OCc1ccccc1Cl. The van der Waals surface area contributed by atoms with Crippen LogP contribution in [0.25, 0.3) is 11.0 Å². The molecule has 0 saturated carbocycles. The number of fused-ring (bicyclic) bond motifs is 1. The van der Waals surface area contributed by atoms with Crippen molar-refractivity contribution in [3.8, 4) is 11.5 Å².